The van der Waals surface area contributed by atoms with Gasteiger partial charge in [-0.15, -0.1) is 11.8 Å². The van der Waals surface area contributed by atoms with Crippen molar-refractivity contribution in [1.82, 2.24) is 26.3 Å². The average Bonchev–Trinajstić information content (AvgIpc) is 3.49. The first-order chi connectivity index (χ1) is 15.7. The van der Waals surface area contributed by atoms with E-state index < -0.39 is 0 Å². The molecule has 3 unspecified atom stereocenters. The topological polar surface area (TPSA) is 105 Å². The number of anilines is 1. The van der Waals surface area contributed by atoms with Gasteiger partial charge in [0, 0.05) is 12.2 Å². The van der Waals surface area contributed by atoms with Crippen LogP contribution in [0, 0.1) is 5.92 Å². The van der Waals surface area contributed by atoms with Gasteiger partial charge < -0.3 is 9.26 Å². The maximum atomic E-state index is 13.2. The number of nitrogens with zero attached hydrogens (tertiary/aromatic N) is 3. The molecule has 3 N–H and O–H groups in total. The van der Waals surface area contributed by atoms with Gasteiger partial charge in [-0.2, -0.15) is 4.98 Å². The summed E-state index contributed by atoms with van der Waals surface area (Å²) < 4.78 is 11.2. The zero-order valence-corrected chi connectivity index (χ0v) is 18.3. The molecular formula is C22H24N6O3S. The number of rotatable bonds is 7. The van der Waals surface area contributed by atoms with Crippen LogP contribution in [-0.4, -0.2) is 40.9 Å². The third-order valence-corrected chi connectivity index (χ3v) is 6.46. The molecule has 10 heteroatoms. The van der Waals surface area contributed by atoms with Crippen LogP contribution in [-0.2, 0) is 10.5 Å². The number of hydrogen-bond acceptors (Lipinski definition) is 9. The molecular weight excluding hydrogens is 428 g/mol. The minimum absolute atomic E-state index is 0.0757. The molecule has 0 radical (unpaired) electrons. The van der Waals surface area contributed by atoms with E-state index in [4.69, 9.17) is 9.26 Å². The molecule has 1 amide bonds. The fourth-order valence-corrected chi connectivity index (χ4v) is 4.92. The van der Waals surface area contributed by atoms with Gasteiger partial charge in [0.05, 0.1) is 30.0 Å². The third kappa shape index (κ3) is 4.09. The molecule has 2 aliphatic rings. The average molecular weight is 453 g/mol. The van der Waals surface area contributed by atoms with Gasteiger partial charge in [-0.1, -0.05) is 35.5 Å². The number of fused-ring (bicyclic) bond motifs is 1. The summed E-state index contributed by atoms with van der Waals surface area (Å²) in [4.78, 5) is 19.6. The van der Waals surface area contributed by atoms with Gasteiger partial charge in [-0.05, 0) is 31.2 Å². The highest BCUT2D eigenvalue weighted by Crippen LogP contribution is 2.32. The maximum Gasteiger partial charge on any atom is 0.237 e. The Morgan fingerprint density at radius 2 is 2.00 bits per heavy atom. The molecule has 3 heterocycles. The summed E-state index contributed by atoms with van der Waals surface area (Å²) in [6.45, 7) is 3.08. The molecule has 0 aliphatic carbocycles. The lowest BCUT2D eigenvalue weighted by Crippen LogP contribution is -2.64. The molecule has 1 aromatic heterocycles. The van der Waals surface area contributed by atoms with Crippen LogP contribution in [0.2, 0.25) is 0 Å². The zero-order chi connectivity index (χ0) is 21.9. The van der Waals surface area contributed by atoms with E-state index in [1.807, 2.05) is 66.4 Å². The monoisotopic (exact) mass is 452 g/mol. The van der Waals surface area contributed by atoms with E-state index in [1.165, 1.54) is 11.8 Å². The van der Waals surface area contributed by atoms with Gasteiger partial charge in [0.15, 0.2) is 0 Å². The van der Waals surface area contributed by atoms with Gasteiger partial charge in [-0.25, -0.2) is 5.43 Å². The quantitative estimate of drug-likeness (QED) is 0.498. The lowest BCUT2D eigenvalue weighted by Gasteiger charge is -2.41. The van der Waals surface area contributed by atoms with Gasteiger partial charge in [-0.3, -0.25) is 20.4 Å². The number of aromatic nitrogens is 2. The van der Waals surface area contributed by atoms with Crippen molar-refractivity contribution in [3.63, 3.8) is 0 Å². The van der Waals surface area contributed by atoms with Crippen LogP contribution in [0.3, 0.4) is 0 Å². The summed E-state index contributed by atoms with van der Waals surface area (Å²) in [5, 5.41) is 7.65. The molecule has 0 spiro atoms. The van der Waals surface area contributed by atoms with Gasteiger partial charge in [0.1, 0.15) is 11.2 Å². The van der Waals surface area contributed by atoms with E-state index >= 15 is 0 Å². The molecule has 166 valence electrons. The SMILES string of the molecule is CCOc1ccccc1-c1noc(CSC2NC3NNCC3C(=O)N2c2ccccc2)n1. The predicted molar refractivity (Wildman–Crippen MR) is 121 cm³/mol. The number of hydrogen-bond donors (Lipinski definition) is 3. The van der Waals surface area contributed by atoms with E-state index in [1.54, 1.807) is 0 Å². The van der Waals surface area contributed by atoms with Crippen LogP contribution in [0.5, 0.6) is 5.75 Å². The molecule has 3 atom stereocenters. The summed E-state index contributed by atoms with van der Waals surface area (Å²) in [5.41, 5.74) is 7.57. The van der Waals surface area contributed by atoms with Crippen molar-refractivity contribution in [2.75, 3.05) is 18.1 Å². The largest absolute Gasteiger partial charge is 0.493 e. The van der Waals surface area contributed by atoms with Crippen LogP contribution >= 0.6 is 11.8 Å². The first kappa shape index (κ1) is 21.0. The Bertz CT molecular complexity index is 1080. The van der Waals surface area contributed by atoms with Crippen LogP contribution in [0.4, 0.5) is 5.69 Å². The normalized spacial score (nSPS) is 22.7. The zero-order valence-electron chi connectivity index (χ0n) is 17.5. The lowest BCUT2D eigenvalue weighted by atomic mass is 10.0. The predicted octanol–water partition coefficient (Wildman–Crippen LogP) is 2.34. The Morgan fingerprint density at radius 3 is 2.84 bits per heavy atom. The Hall–Kier alpha value is -2.92. The summed E-state index contributed by atoms with van der Waals surface area (Å²) >= 11 is 1.53. The molecule has 2 saturated heterocycles. The number of carbonyl (C=O) groups is 1. The second-order valence-electron chi connectivity index (χ2n) is 7.42. The molecule has 5 rings (SSSR count). The summed E-state index contributed by atoms with van der Waals surface area (Å²) in [6, 6.07) is 17.3. The van der Waals surface area contributed by atoms with Crippen molar-refractivity contribution in [1.29, 1.82) is 0 Å². The highest BCUT2D eigenvalue weighted by atomic mass is 32.2. The van der Waals surface area contributed by atoms with Crippen molar-refractivity contribution in [2.24, 2.45) is 5.92 Å². The number of thioether (sulfide) groups is 1. The fourth-order valence-electron chi connectivity index (χ4n) is 3.89. The van der Waals surface area contributed by atoms with E-state index in [0.29, 0.717) is 30.6 Å². The number of nitrogens with one attached hydrogen (secondary N) is 3. The van der Waals surface area contributed by atoms with Crippen molar-refractivity contribution in [3.8, 4) is 17.1 Å². The molecule has 2 fully saturated rings. The molecule has 32 heavy (non-hydrogen) atoms. The number of amides is 1. The number of hydrazine groups is 1. The Labute approximate surface area is 189 Å². The third-order valence-electron chi connectivity index (χ3n) is 5.39. The Kier molecular flexibility index (Phi) is 6.08. The highest BCUT2D eigenvalue weighted by molar-refractivity contribution is 7.99. The van der Waals surface area contributed by atoms with E-state index in [0.717, 1.165) is 17.0 Å². The fraction of sp³-hybridized carbons (Fsp3) is 0.318. The summed E-state index contributed by atoms with van der Waals surface area (Å²) in [6.07, 6.45) is -0.128. The maximum absolute atomic E-state index is 13.2. The molecule has 2 aliphatic heterocycles. The van der Waals surface area contributed by atoms with Gasteiger partial charge in [0.2, 0.25) is 17.6 Å². The number of carbonyl (C=O) groups excluding carboxylic acids is 1. The van der Waals surface area contributed by atoms with Crippen LogP contribution in [0.25, 0.3) is 11.4 Å². The van der Waals surface area contributed by atoms with Crippen LogP contribution < -0.4 is 25.8 Å². The number of ether oxygens (including phenoxy) is 1. The van der Waals surface area contributed by atoms with Crippen molar-refractivity contribution in [3.05, 3.63) is 60.5 Å². The van der Waals surface area contributed by atoms with Crippen LogP contribution in [0.15, 0.2) is 59.1 Å². The Balaban J connectivity index is 1.34. The number of para-hydroxylation sites is 2. The lowest BCUT2D eigenvalue weighted by molar-refractivity contribution is -0.124. The van der Waals surface area contributed by atoms with Crippen molar-refractivity contribution < 1.29 is 14.1 Å². The minimum atomic E-state index is -0.287. The summed E-state index contributed by atoms with van der Waals surface area (Å²) in [5.74, 6) is 2.04. The van der Waals surface area contributed by atoms with Crippen LogP contribution in [0.1, 0.15) is 12.8 Å². The molecule has 3 aromatic rings. The van der Waals surface area contributed by atoms with Gasteiger partial charge in [0.25, 0.3) is 0 Å². The molecule has 9 nitrogen and oxygen atoms in total. The van der Waals surface area contributed by atoms with E-state index in [-0.39, 0.29) is 23.5 Å². The summed E-state index contributed by atoms with van der Waals surface area (Å²) in [7, 11) is 0. The van der Waals surface area contributed by atoms with Crippen molar-refractivity contribution >= 4 is 23.4 Å². The Morgan fingerprint density at radius 1 is 1.19 bits per heavy atom. The first-order valence-corrected chi connectivity index (χ1v) is 11.6. The first-order valence-electron chi connectivity index (χ1n) is 10.5. The molecule has 0 saturated carbocycles. The second kappa shape index (κ2) is 9.29. The number of benzene rings is 2. The van der Waals surface area contributed by atoms with E-state index in [2.05, 4.69) is 26.3 Å². The molecule has 0 bridgehead atoms. The smallest absolute Gasteiger partial charge is 0.237 e. The van der Waals surface area contributed by atoms with E-state index in [9.17, 15) is 4.79 Å². The van der Waals surface area contributed by atoms with Crippen molar-refractivity contribution in [2.45, 2.75) is 24.3 Å². The minimum Gasteiger partial charge on any atom is -0.493 e. The highest BCUT2D eigenvalue weighted by Gasteiger charge is 2.44. The molecule has 2 aromatic carbocycles. The standard InChI is InChI=1S/C22H24N6O3S/c1-2-30-17-11-7-6-10-15(17)20-24-18(31-27-20)13-32-22-25-19-16(12-23-26-19)21(29)28(22)14-8-4-3-5-9-14/h3-11,16,19,22-23,25-26H,2,12-13H2,1H3. The van der Waals surface area contributed by atoms with Gasteiger partial charge >= 0.3 is 0 Å². The second-order valence-corrected chi connectivity index (χ2v) is 8.49.